The molecule has 1 aliphatic carbocycles. The van der Waals surface area contributed by atoms with E-state index in [-0.39, 0.29) is 0 Å². The molecule has 1 N–H and O–H groups in total. The normalized spacial score (nSPS) is 13.8. The molecule has 0 unspecified atom stereocenters. The topological polar surface area (TPSA) is 28.7 Å². The number of aromatic nitrogens is 2. The molecular weight excluding hydrogens is 196 g/mol. The first-order valence-corrected chi connectivity index (χ1v) is 5.64. The van der Waals surface area contributed by atoms with E-state index in [0.29, 0.717) is 0 Å². The molecule has 16 heavy (non-hydrogen) atoms. The number of nitrogens with one attached hydrogen (secondary N) is 1. The highest BCUT2D eigenvalue weighted by Crippen LogP contribution is 2.27. The second-order valence-corrected chi connectivity index (χ2v) is 4.28. The zero-order chi connectivity index (χ0) is 11.0. The van der Waals surface area contributed by atoms with E-state index in [4.69, 9.17) is 0 Å². The van der Waals surface area contributed by atoms with Gasteiger partial charge in [-0.25, -0.2) is 4.98 Å². The Labute approximate surface area is 95.0 Å². The number of benzene rings is 1. The Bertz CT molecular complexity index is 524. The minimum absolute atomic E-state index is 0.998. The van der Waals surface area contributed by atoms with Crippen LogP contribution < -0.4 is 0 Å². The molecule has 0 spiro atoms. The Kier molecular flexibility index (Phi) is 2.13. The van der Waals surface area contributed by atoms with Gasteiger partial charge in [0, 0.05) is 0 Å². The average Bonchev–Trinajstić information content (AvgIpc) is 2.98. The molecule has 80 valence electrons. The summed E-state index contributed by atoms with van der Waals surface area (Å²) in [6.07, 6.45) is 7.23. The van der Waals surface area contributed by atoms with Gasteiger partial charge in [-0.3, -0.25) is 0 Å². The molecule has 0 saturated carbocycles. The molecule has 0 fully saturated rings. The van der Waals surface area contributed by atoms with Crippen LogP contribution in [0.3, 0.4) is 0 Å². The highest BCUT2D eigenvalue weighted by Gasteiger charge is 2.12. The van der Waals surface area contributed by atoms with E-state index in [0.717, 1.165) is 11.3 Å². The number of hydrogen-bond donors (Lipinski definition) is 1. The van der Waals surface area contributed by atoms with Crippen molar-refractivity contribution in [1.29, 1.82) is 0 Å². The summed E-state index contributed by atoms with van der Waals surface area (Å²) >= 11 is 0. The summed E-state index contributed by atoms with van der Waals surface area (Å²) in [5.41, 5.74) is 6.20. The monoisotopic (exact) mass is 210 g/mol. The van der Waals surface area contributed by atoms with Crippen LogP contribution in [-0.4, -0.2) is 9.97 Å². The number of aryl methyl sites for hydroxylation is 2. The summed E-state index contributed by atoms with van der Waals surface area (Å²) in [6.45, 7) is 4.12. The standard InChI is InChI=1S/C14H14N2/c1-10(14-8-15-9-16-14)12-6-5-11-3-2-4-13(11)7-12/h5-9H,1-4H2,(H,15,16). The molecule has 2 nitrogen and oxygen atoms in total. The van der Waals surface area contributed by atoms with Crippen LogP contribution in [0.25, 0.3) is 5.57 Å². The van der Waals surface area contributed by atoms with E-state index >= 15 is 0 Å². The van der Waals surface area contributed by atoms with Crippen LogP contribution in [0.5, 0.6) is 0 Å². The third-order valence-electron chi connectivity index (χ3n) is 3.27. The molecule has 1 heterocycles. The summed E-state index contributed by atoms with van der Waals surface area (Å²) in [4.78, 5) is 7.12. The van der Waals surface area contributed by atoms with Crippen molar-refractivity contribution < 1.29 is 0 Å². The fourth-order valence-electron chi connectivity index (χ4n) is 2.34. The largest absolute Gasteiger partial charge is 0.345 e. The van der Waals surface area contributed by atoms with Gasteiger partial charge in [-0.1, -0.05) is 24.8 Å². The molecule has 0 aliphatic heterocycles. The molecule has 0 bridgehead atoms. The fraction of sp³-hybridized carbons (Fsp3) is 0.214. The number of aromatic amines is 1. The first kappa shape index (κ1) is 9.40. The summed E-state index contributed by atoms with van der Waals surface area (Å²) in [6, 6.07) is 6.66. The number of fused-ring (bicyclic) bond motifs is 1. The van der Waals surface area contributed by atoms with Gasteiger partial charge in [0.1, 0.15) is 0 Å². The van der Waals surface area contributed by atoms with Crippen LogP contribution >= 0.6 is 0 Å². The van der Waals surface area contributed by atoms with Gasteiger partial charge in [-0.05, 0) is 41.5 Å². The van der Waals surface area contributed by atoms with Crippen molar-refractivity contribution in [1.82, 2.24) is 9.97 Å². The van der Waals surface area contributed by atoms with Gasteiger partial charge >= 0.3 is 0 Å². The SMILES string of the molecule is C=C(c1ccc2c(c1)CCC2)c1cnc[nH]1. The van der Waals surface area contributed by atoms with Gasteiger partial charge in [0.15, 0.2) is 0 Å². The predicted octanol–water partition coefficient (Wildman–Crippen LogP) is 2.96. The molecule has 2 aromatic rings. The van der Waals surface area contributed by atoms with E-state index in [1.807, 2.05) is 6.20 Å². The number of H-pyrrole nitrogens is 1. The first-order chi connectivity index (χ1) is 7.84. The summed E-state index contributed by atoms with van der Waals surface area (Å²) in [7, 11) is 0. The molecular formula is C14H14N2. The minimum atomic E-state index is 0.998. The Hall–Kier alpha value is -1.83. The third-order valence-corrected chi connectivity index (χ3v) is 3.27. The Morgan fingerprint density at radius 1 is 1.25 bits per heavy atom. The summed E-state index contributed by atoms with van der Waals surface area (Å²) in [5, 5.41) is 0. The molecule has 0 atom stereocenters. The van der Waals surface area contributed by atoms with Crippen molar-refractivity contribution in [2.24, 2.45) is 0 Å². The molecule has 3 rings (SSSR count). The Morgan fingerprint density at radius 2 is 2.12 bits per heavy atom. The number of hydrogen-bond acceptors (Lipinski definition) is 1. The van der Waals surface area contributed by atoms with Gasteiger partial charge < -0.3 is 4.98 Å². The van der Waals surface area contributed by atoms with Crippen molar-refractivity contribution in [3.05, 3.63) is 59.7 Å². The lowest BCUT2D eigenvalue weighted by atomic mass is 10.00. The minimum Gasteiger partial charge on any atom is -0.345 e. The molecule has 2 heteroatoms. The molecule has 0 radical (unpaired) electrons. The zero-order valence-electron chi connectivity index (χ0n) is 9.16. The van der Waals surface area contributed by atoms with Crippen LogP contribution in [0.2, 0.25) is 0 Å². The van der Waals surface area contributed by atoms with E-state index in [2.05, 4.69) is 34.7 Å². The lowest BCUT2D eigenvalue weighted by molar-refractivity contribution is 0.912. The second kappa shape index (κ2) is 3.63. The third kappa shape index (κ3) is 1.47. The lowest BCUT2D eigenvalue weighted by Crippen LogP contribution is -1.89. The van der Waals surface area contributed by atoms with Crippen molar-refractivity contribution in [3.8, 4) is 0 Å². The fourth-order valence-corrected chi connectivity index (χ4v) is 2.34. The van der Waals surface area contributed by atoms with Gasteiger partial charge in [0.05, 0.1) is 18.2 Å². The van der Waals surface area contributed by atoms with Gasteiger partial charge in [0.2, 0.25) is 0 Å². The van der Waals surface area contributed by atoms with Gasteiger partial charge in [-0.15, -0.1) is 0 Å². The maximum Gasteiger partial charge on any atom is 0.0924 e. The maximum absolute atomic E-state index is 4.12. The molecule has 1 aromatic carbocycles. The van der Waals surface area contributed by atoms with E-state index in [1.54, 1.807) is 6.33 Å². The number of nitrogens with zero attached hydrogens (tertiary/aromatic N) is 1. The predicted molar refractivity (Wildman–Crippen MR) is 65.2 cm³/mol. The van der Waals surface area contributed by atoms with Crippen LogP contribution in [0, 0.1) is 0 Å². The van der Waals surface area contributed by atoms with Gasteiger partial charge in [-0.2, -0.15) is 0 Å². The van der Waals surface area contributed by atoms with E-state index < -0.39 is 0 Å². The summed E-state index contributed by atoms with van der Waals surface area (Å²) < 4.78 is 0. The van der Waals surface area contributed by atoms with Crippen molar-refractivity contribution in [2.45, 2.75) is 19.3 Å². The van der Waals surface area contributed by atoms with Crippen LogP contribution in [-0.2, 0) is 12.8 Å². The zero-order valence-corrected chi connectivity index (χ0v) is 9.16. The summed E-state index contributed by atoms with van der Waals surface area (Å²) in [5.74, 6) is 0. The van der Waals surface area contributed by atoms with E-state index in [1.165, 1.54) is 36.0 Å². The molecule has 0 saturated heterocycles. The smallest absolute Gasteiger partial charge is 0.0924 e. The van der Waals surface area contributed by atoms with Crippen molar-refractivity contribution in [3.63, 3.8) is 0 Å². The maximum atomic E-state index is 4.12. The Balaban J connectivity index is 1.99. The first-order valence-electron chi connectivity index (χ1n) is 5.64. The van der Waals surface area contributed by atoms with Crippen LogP contribution in [0.15, 0.2) is 37.3 Å². The Morgan fingerprint density at radius 3 is 2.94 bits per heavy atom. The number of rotatable bonds is 2. The number of imidazole rings is 1. The highest BCUT2D eigenvalue weighted by molar-refractivity contribution is 5.76. The van der Waals surface area contributed by atoms with Crippen molar-refractivity contribution in [2.75, 3.05) is 0 Å². The average molecular weight is 210 g/mol. The lowest BCUT2D eigenvalue weighted by Gasteiger charge is -2.06. The second-order valence-electron chi connectivity index (χ2n) is 4.28. The molecule has 1 aromatic heterocycles. The van der Waals surface area contributed by atoms with Gasteiger partial charge in [0.25, 0.3) is 0 Å². The van der Waals surface area contributed by atoms with Crippen molar-refractivity contribution >= 4 is 5.57 Å². The highest BCUT2D eigenvalue weighted by atomic mass is 14.9. The molecule has 0 amide bonds. The quantitative estimate of drug-likeness (QED) is 0.811. The van der Waals surface area contributed by atoms with E-state index in [9.17, 15) is 0 Å². The van der Waals surface area contributed by atoms with Crippen LogP contribution in [0.4, 0.5) is 0 Å². The molecule has 1 aliphatic rings. The van der Waals surface area contributed by atoms with Crippen LogP contribution in [0.1, 0.15) is 28.8 Å².